The van der Waals surface area contributed by atoms with E-state index in [0.717, 1.165) is 16.5 Å². The Hall–Kier alpha value is -3.34. The van der Waals surface area contributed by atoms with Crippen LogP contribution < -0.4 is 5.63 Å². The standard InChI is InChI=1S/C19H14N2O3/c1-11-18(23)15(16-7-8-20-21-16)9-14-13(10-17(22)24-19(11)14)12-5-3-2-4-6-12/h2-10,23H,1H3,(H,20,21). The number of phenolic OH excluding ortho intramolecular Hbond substituents is 1. The number of benzene rings is 2. The number of aryl methyl sites for hydroxylation is 1. The molecule has 0 unspecified atom stereocenters. The van der Waals surface area contributed by atoms with Crippen LogP contribution in [0.3, 0.4) is 0 Å². The van der Waals surface area contributed by atoms with Gasteiger partial charge >= 0.3 is 5.63 Å². The average molecular weight is 318 g/mol. The van der Waals surface area contributed by atoms with Crippen molar-refractivity contribution in [1.29, 1.82) is 0 Å². The minimum atomic E-state index is -0.446. The van der Waals surface area contributed by atoms with Gasteiger partial charge in [-0.05, 0) is 30.2 Å². The van der Waals surface area contributed by atoms with Gasteiger partial charge in [-0.1, -0.05) is 30.3 Å². The lowest BCUT2D eigenvalue weighted by Crippen LogP contribution is -2.00. The Morgan fingerprint density at radius 3 is 2.58 bits per heavy atom. The molecule has 0 fully saturated rings. The molecule has 0 bridgehead atoms. The maximum absolute atomic E-state index is 12.0. The van der Waals surface area contributed by atoms with E-state index in [1.807, 2.05) is 36.4 Å². The van der Waals surface area contributed by atoms with Crippen molar-refractivity contribution in [1.82, 2.24) is 10.2 Å². The van der Waals surface area contributed by atoms with Gasteiger partial charge in [-0.3, -0.25) is 5.10 Å². The fourth-order valence-corrected chi connectivity index (χ4v) is 2.91. The van der Waals surface area contributed by atoms with Gasteiger partial charge in [-0.15, -0.1) is 0 Å². The topological polar surface area (TPSA) is 79.1 Å². The summed E-state index contributed by atoms with van der Waals surface area (Å²) in [7, 11) is 0. The number of nitrogens with one attached hydrogen (secondary N) is 1. The van der Waals surface area contributed by atoms with Crippen molar-refractivity contribution in [3.05, 3.63) is 70.7 Å². The van der Waals surface area contributed by atoms with Crippen LogP contribution in [-0.4, -0.2) is 15.3 Å². The number of hydrogen-bond donors (Lipinski definition) is 2. The fourth-order valence-electron chi connectivity index (χ4n) is 2.91. The third-order valence-corrected chi connectivity index (χ3v) is 4.11. The van der Waals surface area contributed by atoms with E-state index in [1.165, 1.54) is 6.07 Å². The molecule has 0 saturated heterocycles. The highest BCUT2D eigenvalue weighted by molar-refractivity contribution is 5.99. The van der Waals surface area contributed by atoms with Crippen molar-refractivity contribution in [2.75, 3.05) is 0 Å². The van der Waals surface area contributed by atoms with Gasteiger partial charge in [-0.25, -0.2) is 4.79 Å². The lowest BCUT2D eigenvalue weighted by molar-refractivity contribution is 0.470. The molecule has 2 heterocycles. The summed E-state index contributed by atoms with van der Waals surface area (Å²) < 4.78 is 5.37. The number of aromatic hydroxyl groups is 1. The predicted octanol–water partition coefficient (Wildman–Crippen LogP) is 3.86. The Bertz CT molecular complexity index is 1080. The number of rotatable bonds is 2. The van der Waals surface area contributed by atoms with Crippen LogP contribution in [0.5, 0.6) is 5.75 Å². The normalized spacial score (nSPS) is 11.0. The summed E-state index contributed by atoms with van der Waals surface area (Å²) in [5.41, 5.74) is 3.46. The zero-order chi connectivity index (χ0) is 16.7. The molecule has 0 aliphatic heterocycles. The summed E-state index contributed by atoms with van der Waals surface area (Å²) in [6.07, 6.45) is 1.62. The second kappa shape index (κ2) is 5.38. The summed E-state index contributed by atoms with van der Waals surface area (Å²) in [4.78, 5) is 12.0. The van der Waals surface area contributed by atoms with Crippen LogP contribution in [0.25, 0.3) is 33.4 Å². The van der Waals surface area contributed by atoms with E-state index in [2.05, 4.69) is 10.2 Å². The minimum absolute atomic E-state index is 0.0695. The first-order chi connectivity index (χ1) is 11.6. The predicted molar refractivity (Wildman–Crippen MR) is 91.9 cm³/mol. The third-order valence-electron chi connectivity index (χ3n) is 4.11. The second-order valence-corrected chi connectivity index (χ2v) is 5.59. The average Bonchev–Trinajstić information content (AvgIpc) is 3.13. The largest absolute Gasteiger partial charge is 0.507 e. The van der Waals surface area contributed by atoms with Crippen molar-refractivity contribution in [2.24, 2.45) is 0 Å². The van der Waals surface area contributed by atoms with Crippen LogP contribution >= 0.6 is 0 Å². The van der Waals surface area contributed by atoms with Crippen LogP contribution in [0.4, 0.5) is 0 Å². The number of aromatic nitrogens is 2. The maximum atomic E-state index is 12.0. The van der Waals surface area contributed by atoms with E-state index in [-0.39, 0.29) is 5.75 Å². The lowest BCUT2D eigenvalue weighted by atomic mass is 9.96. The Balaban J connectivity index is 2.13. The number of aromatic amines is 1. The van der Waals surface area contributed by atoms with Crippen LogP contribution in [0.15, 0.2) is 63.9 Å². The molecule has 2 N–H and O–H groups in total. The molecule has 0 spiro atoms. The molecule has 2 aromatic heterocycles. The number of nitrogens with zero attached hydrogens (tertiary/aromatic N) is 1. The SMILES string of the molecule is Cc1c(O)c(-c2ccn[nH]2)cc2c(-c3ccccc3)cc(=O)oc12. The molecule has 0 aliphatic rings. The van der Waals surface area contributed by atoms with Gasteiger partial charge in [0.1, 0.15) is 11.3 Å². The highest BCUT2D eigenvalue weighted by Crippen LogP contribution is 2.39. The zero-order valence-corrected chi connectivity index (χ0v) is 12.9. The van der Waals surface area contributed by atoms with E-state index in [0.29, 0.717) is 22.4 Å². The molecule has 2 aromatic carbocycles. The van der Waals surface area contributed by atoms with Gasteiger partial charge in [0.05, 0.1) is 5.69 Å². The van der Waals surface area contributed by atoms with Gasteiger partial charge in [-0.2, -0.15) is 5.10 Å². The number of fused-ring (bicyclic) bond motifs is 1. The number of phenols is 1. The fraction of sp³-hybridized carbons (Fsp3) is 0.0526. The smallest absolute Gasteiger partial charge is 0.336 e. The van der Waals surface area contributed by atoms with E-state index in [1.54, 1.807) is 19.2 Å². The Kier molecular flexibility index (Phi) is 3.20. The summed E-state index contributed by atoms with van der Waals surface area (Å²) in [5.74, 6) is 0.0695. The molecule has 5 nitrogen and oxygen atoms in total. The van der Waals surface area contributed by atoms with E-state index in [9.17, 15) is 9.90 Å². The van der Waals surface area contributed by atoms with E-state index < -0.39 is 5.63 Å². The molecule has 0 atom stereocenters. The van der Waals surface area contributed by atoms with Crippen LogP contribution in [0.1, 0.15) is 5.56 Å². The zero-order valence-electron chi connectivity index (χ0n) is 12.9. The molecular weight excluding hydrogens is 304 g/mol. The molecule has 0 amide bonds. The highest BCUT2D eigenvalue weighted by atomic mass is 16.4. The summed E-state index contributed by atoms with van der Waals surface area (Å²) in [6, 6.07) is 14.7. The molecule has 4 rings (SSSR count). The molecule has 24 heavy (non-hydrogen) atoms. The van der Waals surface area contributed by atoms with Gasteiger partial charge in [0.25, 0.3) is 0 Å². The van der Waals surface area contributed by atoms with Gasteiger partial charge < -0.3 is 9.52 Å². The van der Waals surface area contributed by atoms with Crippen molar-refractivity contribution in [3.63, 3.8) is 0 Å². The minimum Gasteiger partial charge on any atom is -0.507 e. The summed E-state index contributed by atoms with van der Waals surface area (Å²) >= 11 is 0. The van der Waals surface area contributed by atoms with Gasteiger partial charge in [0.15, 0.2) is 0 Å². The molecule has 5 heteroatoms. The molecule has 0 saturated carbocycles. The molecule has 0 aliphatic carbocycles. The molecule has 4 aromatic rings. The highest BCUT2D eigenvalue weighted by Gasteiger charge is 2.17. The monoisotopic (exact) mass is 318 g/mol. The molecule has 118 valence electrons. The van der Waals surface area contributed by atoms with Crippen molar-refractivity contribution in [2.45, 2.75) is 6.92 Å². The Morgan fingerprint density at radius 2 is 1.88 bits per heavy atom. The number of H-pyrrole nitrogens is 1. The lowest BCUT2D eigenvalue weighted by Gasteiger charge is -2.12. The first-order valence-corrected chi connectivity index (χ1v) is 7.51. The maximum Gasteiger partial charge on any atom is 0.336 e. The molecule has 0 radical (unpaired) electrons. The third kappa shape index (κ3) is 2.18. The van der Waals surface area contributed by atoms with Crippen LogP contribution in [0.2, 0.25) is 0 Å². The van der Waals surface area contributed by atoms with Crippen LogP contribution in [-0.2, 0) is 0 Å². The summed E-state index contributed by atoms with van der Waals surface area (Å²) in [6.45, 7) is 1.73. The van der Waals surface area contributed by atoms with E-state index >= 15 is 0 Å². The molecular formula is C19H14N2O3. The van der Waals surface area contributed by atoms with Crippen LogP contribution in [0, 0.1) is 6.92 Å². The Labute approximate surface area is 137 Å². The van der Waals surface area contributed by atoms with Crippen molar-refractivity contribution in [3.8, 4) is 28.1 Å². The number of hydrogen-bond acceptors (Lipinski definition) is 4. The van der Waals surface area contributed by atoms with Gasteiger partial charge in [0, 0.05) is 28.8 Å². The first kappa shape index (κ1) is 14.3. The first-order valence-electron chi connectivity index (χ1n) is 7.51. The van der Waals surface area contributed by atoms with Crippen molar-refractivity contribution < 1.29 is 9.52 Å². The van der Waals surface area contributed by atoms with Crippen molar-refractivity contribution >= 4 is 11.0 Å². The van der Waals surface area contributed by atoms with Gasteiger partial charge in [0.2, 0.25) is 0 Å². The quantitative estimate of drug-likeness (QED) is 0.550. The Morgan fingerprint density at radius 1 is 1.08 bits per heavy atom. The second-order valence-electron chi connectivity index (χ2n) is 5.59. The summed E-state index contributed by atoms with van der Waals surface area (Å²) in [5, 5.41) is 18.1. The van der Waals surface area contributed by atoms with E-state index in [4.69, 9.17) is 4.42 Å².